The molecule has 19 heavy (non-hydrogen) atoms. The molecule has 1 aromatic rings. The van der Waals surface area contributed by atoms with Crippen molar-refractivity contribution in [3.8, 4) is 0 Å². The van der Waals surface area contributed by atoms with E-state index in [1.807, 2.05) is 0 Å². The van der Waals surface area contributed by atoms with Crippen LogP contribution in [0.25, 0.3) is 0 Å². The zero-order chi connectivity index (χ0) is 14.3. The average molecular weight is 303 g/mol. The second-order valence-corrected chi connectivity index (χ2v) is 7.82. The van der Waals surface area contributed by atoms with Crippen molar-refractivity contribution in [3.05, 3.63) is 29.3 Å². The lowest BCUT2D eigenvalue weighted by Crippen LogP contribution is -2.17. The van der Waals surface area contributed by atoms with Crippen molar-refractivity contribution in [1.82, 2.24) is 0 Å². The molecule has 0 fully saturated rings. The Balaban J connectivity index is 2.57. The van der Waals surface area contributed by atoms with Gasteiger partial charge in [-0.15, -0.1) is 0 Å². The Hall–Kier alpha value is -0.540. The fourth-order valence-electron chi connectivity index (χ4n) is 2.07. The SMILES string of the molecule is CCCCCCCC(C)S(=O)(=O)c1cccc(Cl)c1. The Morgan fingerprint density at radius 3 is 2.47 bits per heavy atom. The van der Waals surface area contributed by atoms with Gasteiger partial charge >= 0.3 is 0 Å². The van der Waals surface area contributed by atoms with Gasteiger partial charge in [0.1, 0.15) is 0 Å². The van der Waals surface area contributed by atoms with Crippen LogP contribution in [0.1, 0.15) is 52.4 Å². The van der Waals surface area contributed by atoms with Gasteiger partial charge in [0.05, 0.1) is 10.1 Å². The van der Waals surface area contributed by atoms with Gasteiger partial charge in [-0.2, -0.15) is 0 Å². The molecule has 108 valence electrons. The van der Waals surface area contributed by atoms with E-state index in [-0.39, 0.29) is 5.25 Å². The standard InChI is InChI=1S/C15H23ClO2S/c1-3-4-5-6-7-9-13(2)19(17,18)15-11-8-10-14(16)12-15/h8,10-13H,3-7,9H2,1-2H3. The fraction of sp³-hybridized carbons (Fsp3) is 0.600. The molecule has 0 aliphatic heterocycles. The lowest BCUT2D eigenvalue weighted by molar-refractivity contribution is 0.559. The molecule has 0 saturated carbocycles. The maximum absolute atomic E-state index is 12.3. The van der Waals surface area contributed by atoms with Gasteiger partial charge in [0.15, 0.2) is 9.84 Å². The molecule has 0 saturated heterocycles. The smallest absolute Gasteiger partial charge is 0.181 e. The van der Waals surface area contributed by atoms with Crippen LogP contribution in [0.4, 0.5) is 0 Å². The van der Waals surface area contributed by atoms with Crippen molar-refractivity contribution in [2.24, 2.45) is 0 Å². The third-order valence-electron chi connectivity index (χ3n) is 3.37. The molecule has 1 rings (SSSR count). The van der Waals surface area contributed by atoms with Gasteiger partial charge in [-0.3, -0.25) is 0 Å². The number of sulfone groups is 1. The maximum Gasteiger partial charge on any atom is 0.181 e. The lowest BCUT2D eigenvalue weighted by Gasteiger charge is -2.13. The monoisotopic (exact) mass is 302 g/mol. The van der Waals surface area contributed by atoms with Gasteiger partial charge in [0.2, 0.25) is 0 Å². The van der Waals surface area contributed by atoms with E-state index >= 15 is 0 Å². The summed E-state index contributed by atoms with van der Waals surface area (Å²) in [6, 6.07) is 6.53. The van der Waals surface area contributed by atoms with Gasteiger partial charge in [-0.05, 0) is 31.5 Å². The maximum atomic E-state index is 12.3. The topological polar surface area (TPSA) is 34.1 Å². The van der Waals surface area contributed by atoms with Crippen molar-refractivity contribution >= 4 is 21.4 Å². The van der Waals surface area contributed by atoms with Crippen LogP contribution in [0.3, 0.4) is 0 Å². The molecule has 1 unspecified atom stereocenters. The van der Waals surface area contributed by atoms with Crippen LogP contribution in [-0.2, 0) is 9.84 Å². The highest BCUT2D eigenvalue weighted by Crippen LogP contribution is 2.22. The van der Waals surface area contributed by atoms with Crippen molar-refractivity contribution < 1.29 is 8.42 Å². The third kappa shape index (κ3) is 5.15. The molecule has 1 atom stereocenters. The van der Waals surface area contributed by atoms with E-state index in [9.17, 15) is 8.42 Å². The van der Waals surface area contributed by atoms with Crippen LogP contribution >= 0.6 is 11.6 Å². The highest BCUT2D eigenvalue weighted by molar-refractivity contribution is 7.92. The minimum atomic E-state index is -3.24. The zero-order valence-corrected chi connectivity index (χ0v) is 13.3. The Kier molecular flexibility index (Phi) is 6.87. The highest BCUT2D eigenvalue weighted by atomic mass is 35.5. The van der Waals surface area contributed by atoms with E-state index in [1.165, 1.54) is 25.3 Å². The predicted octanol–water partition coefficient (Wildman–Crippen LogP) is 4.86. The zero-order valence-electron chi connectivity index (χ0n) is 11.7. The number of rotatable bonds is 8. The molecule has 0 bridgehead atoms. The van der Waals surface area contributed by atoms with Crippen LogP contribution in [-0.4, -0.2) is 13.7 Å². The number of hydrogen-bond donors (Lipinski definition) is 0. The van der Waals surface area contributed by atoms with Gasteiger partial charge in [-0.25, -0.2) is 8.42 Å². The molecular formula is C15H23ClO2S. The van der Waals surface area contributed by atoms with Crippen molar-refractivity contribution in [2.45, 2.75) is 62.5 Å². The van der Waals surface area contributed by atoms with Crippen LogP contribution in [0.15, 0.2) is 29.2 Å². The summed E-state index contributed by atoms with van der Waals surface area (Å²) in [5.74, 6) is 0. The van der Waals surface area contributed by atoms with Gasteiger partial charge in [0, 0.05) is 5.02 Å². The molecule has 0 aliphatic rings. The quantitative estimate of drug-likeness (QED) is 0.642. The summed E-state index contributed by atoms with van der Waals surface area (Å²) in [6.45, 7) is 3.96. The first-order valence-electron chi connectivity index (χ1n) is 6.98. The summed E-state index contributed by atoms with van der Waals surface area (Å²) in [4.78, 5) is 0.334. The second-order valence-electron chi connectivity index (χ2n) is 5.02. The second kappa shape index (κ2) is 7.91. The number of unbranched alkanes of at least 4 members (excludes halogenated alkanes) is 4. The van der Waals surface area contributed by atoms with E-state index < -0.39 is 9.84 Å². The van der Waals surface area contributed by atoms with Crippen molar-refractivity contribution in [3.63, 3.8) is 0 Å². The third-order valence-corrected chi connectivity index (χ3v) is 5.81. The molecular weight excluding hydrogens is 280 g/mol. The summed E-state index contributed by atoms with van der Waals surface area (Å²) < 4.78 is 24.7. The Bertz CT molecular complexity index is 483. The van der Waals surface area contributed by atoms with Crippen molar-refractivity contribution in [2.75, 3.05) is 0 Å². The Morgan fingerprint density at radius 1 is 1.16 bits per heavy atom. The molecule has 0 N–H and O–H groups in total. The summed E-state index contributed by atoms with van der Waals surface area (Å²) in [6.07, 6.45) is 6.44. The first-order valence-corrected chi connectivity index (χ1v) is 8.90. The predicted molar refractivity (Wildman–Crippen MR) is 81.5 cm³/mol. The molecule has 1 aromatic carbocycles. The molecule has 0 radical (unpaired) electrons. The fourth-order valence-corrected chi connectivity index (χ4v) is 3.82. The van der Waals surface area contributed by atoms with Gasteiger partial charge in [0.25, 0.3) is 0 Å². The number of hydrogen-bond acceptors (Lipinski definition) is 2. The lowest BCUT2D eigenvalue weighted by atomic mass is 10.1. The van der Waals surface area contributed by atoms with Crippen molar-refractivity contribution in [1.29, 1.82) is 0 Å². The summed E-state index contributed by atoms with van der Waals surface area (Å²) in [7, 11) is -3.24. The van der Waals surface area contributed by atoms with Gasteiger partial charge in [-0.1, -0.05) is 56.7 Å². The van der Waals surface area contributed by atoms with Crippen LogP contribution < -0.4 is 0 Å². The van der Waals surface area contributed by atoms with E-state index in [0.717, 1.165) is 19.3 Å². The molecule has 0 spiro atoms. The molecule has 0 aliphatic carbocycles. The highest BCUT2D eigenvalue weighted by Gasteiger charge is 2.22. The summed E-state index contributed by atoms with van der Waals surface area (Å²) in [5, 5.41) is 0.129. The minimum Gasteiger partial charge on any atom is -0.223 e. The van der Waals surface area contributed by atoms with E-state index in [4.69, 9.17) is 11.6 Å². The Labute approximate surface area is 122 Å². The van der Waals surface area contributed by atoms with E-state index in [0.29, 0.717) is 9.92 Å². The normalized spacial score (nSPS) is 13.4. The van der Waals surface area contributed by atoms with Crippen LogP contribution in [0.2, 0.25) is 5.02 Å². The van der Waals surface area contributed by atoms with Crippen LogP contribution in [0, 0.1) is 0 Å². The molecule has 0 aromatic heterocycles. The average Bonchev–Trinajstić information content (AvgIpc) is 2.38. The first kappa shape index (κ1) is 16.5. The van der Waals surface area contributed by atoms with E-state index in [2.05, 4.69) is 6.92 Å². The largest absolute Gasteiger partial charge is 0.223 e. The summed E-state index contributed by atoms with van der Waals surface area (Å²) >= 11 is 5.85. The first-order chi connectivity index (χ1) is 8.98. The molecule has 2 nitrogen and oxygen atoms in total. The van der Waals surface area contributed by atoms with Gasteiger partial charge < -0.3 is 0 Å². The number of benzene rings is 1. The number of halogens is 1. The van der Waals surface area contributed by atoms with Crippen LogP contribution in [0.5, 0.6) is 0 Å². The summed E-state index contributed by atoms with van der Waals surface area (Å²) in [5.41, 5.74) is 0. The molecule has 4 heteroatoms. The van der Waals surface area contributed by atoms with E-state index in [1.54, 1.807) is 25.1 Å². The molecule has 0 amide bonds. The Morgan fingerprint density at radius 2 is 1.84 bits per heavy atom. The minimum absolute atomic E-state index is 0.334. The molecule has 0 heterocycles.